The van der Waals surface area contributed by atoms with E-state index in [1.54, 1.807) is 0 Å². The molecule has 0 radical (unpaired) electrons. The molecule has 1 unspecified atom stereocenters. The van der Waals surface area contributed by atoms with E-state index in [1.165, 1.54) is 0 Å². The van der Waals surface area contributed by atoms with Crippen molar-refractivity contribution in [2.75, 3.05) is 24.6 Å². The van der Waals surface area contributed by atoms with Crippen LogP contribution in [0.3, 0.4) is 0 Å². The Balaban J connectivity index is 2.18. The van der Waals surface area contributed by atoms with Crippen molar-refractivity contribution in [2.45, 2.75) is 20.3 Å². The number of hydrogen-bond donors (Lipinski definition) is 2. The third kappa shape index (κ3) is 5.12. The molecule has 94 valence electrons. The standard InChI is InChI=1S/C10H20N2O2S2/c1-8(2)5-11-10(15)12-6-9-3-4-16(13,14)7-9/h8-9H,3-7H2,1-2H3,(H2,11,12,15). The Hall–Kier alpha value is -0.360. The fourth-order valence-corrected chi connectivity index (χ4v) is 3.66. The first-order chi connectivity index (χ1) is 7.39. The van der Waals surface area contributed by atoms with Crippen LogP contribution in [0.2, 0.25) is 0 Å². The zero-order valence-electron chi connectivity index (χ0n) is 9.82. The molecule has 0 aromatic carbocycles. The Morgan fingerprint density at radius 2 is 2.12 bits per heavy atom. The first kappa shape index (κ1) is 13.7. The van der Waals surface area contributed by atoms with E-state index in [1.807, 2.05) is 0 Å². The van der Waals surface area contributed by atoms with Gasteiger partial charge in [0.15, 0.2) is 14.9 Å². The van der Waals surface area contributed by atoms with Crippen LogP contribution in [0.25, 0.3) is 0 Å². The molecule has 0 aliphatic carbocycles. The molecule has 0 bridgehead atoms. The van der Waals surface area contributed by atoms with Crippen LogP contribution in [0.5, 0.6) is 0 Å². The molecule has 0 aromatic heterocycles. The van der Waals surface area contributed by atoms with Gasteiger partial charge in [-0.2, -0.15) is 0 Å². The van der Waals surface area contributed by atoms with Crippen LogP contribution in [0.4, 0.5) is 0 Å². The topological polar surface area (TPSA) is 58.2 Å². The molecule has 0 spiro atoms. The van der Waals surface area contributed by atoms with Gasteiger partial charge >= 0.3 is 0 Å². The van der Waals surface area contributed by atoms with Crippen LogP contribution in [0.1, 0.15) is 20.3 Å². The Labute approximate surface area is 103 Å². The van der Waals surface area contributed by atoms with Crippen LogP contribution in [0.15, 0.2) is 0 Å². The van der Waals surface area contributed by atoms with Crippen LogP contribution in [0, 0.1) is 11.8 Å². The van der Waals surface area contributed by atoms with Crippen molar-refractivity contribution in [1.29, 1.82) is 0 Å². The highest BCUT2D eigenvalue weighted by molar-refractivity contribution is 7.91. The summed E-state index contributed by atoms with van der Waals surface area (Å²) in [5, 5.41) is 6.79. The third-order valence-electron chi connectivity index (χ3n) is 2.55. The summed E-state index contributed by atoms with van der Waals surface area (Å²) in [6.45, 7) is 5.72. The molecule has 0 amide bonds. The Kier molecular flexibility index (Phi) is 4.98. The summed E-state index contributed by atoms with van der Waals surface area (Å²) in [7, 11) is -2.77. The highest BCUT2D eigenvalue weighted by Gasteiger charge is 2.27. The molecule has 1 saturated heterocycles. The van der Waals surface area contributed by atoms with Crippen LogP contribution in [-0.4, -0.2) is 38.1 Å². The normalized spacial score (nSPS) is 23.3. The molecule has 1 aliphatic rings. The van der Waals surface area contributed by atoms with E-state index < -0.39 is 9.84 Å². The molecule has 4 nitrogen and oxygen atoms in total. The molecule has 1 aliphatic heterocycles. The minimum Gasteiger partial charge on any atom is -0.362 e. The number of sulfone groups is 1. The average Bonchev–Trinajstić information content (AvgIpc) is 2.52. The van der Waals surface area contributed by atoms with E-state index in [0.717, 1.165) is 13.0 Å². The van der Waals surface area contributed by atoms with Gasteiger partial charge < -0.3 is 10.6 Å². The van der Waals surface area contributed by atoms with E-state index in [4.69, 9.17) is 12.2 Å². The SMILES string of the molecule is CC(C)CNC(=S)NCC1CCS(=O)(=O)C1. The van der Waals surface area contributed by atoms with Gasteiger partial charge in [-0.15, -0.1) is 0 Å². The summed E-state index contributed by atoms with van der Waals surface area (Å²) in [5.74, 6) is 1.38. The number of nitrogens with one attached hydrogen (secondary N) is 2. The van der Waals surface area contributed by atoms with Crippen LogP contribution < -0.4 is 10.6 Å². The molecule has 16 heavy (non-hydrogen) atoms. The second-order valence-electron chi connectivity index (χ2n) is 4.75. The van der Waals surface area contributed by atoms with Gasteiger partial charge in [0.25, 0.3) is 0 Å². The number of rotatable bonds is 4. The van der Waals surface area contributed by atoms with Gasteiger partial charge in [0.05, 0.1) is 11.5 Å². The highest BCUT2D eigenvalue weighted by Crippen LogP contribution is 2.17. The summed E-state index contributed by atoms with van der Waals surface area (Å²) in [6, 6.07) is 0. The van der Waals surface area contributed by atoms with Crippen molar-refractivity contribution in [3.63, 3.8) is 0 Å². The van der Waals surface area contributed by atoms with Gasteiger partial charge in [0.2, 0.25) is 0 Å². The third-order valence-corrected chi connectivity index (χ3v) is 4.67. The molecule has 0 saturated carbocycles. The van der Waals surface area contributed by atoms with Gasteiger partial charge in [-0.1, -0.05) is 13.8 Å². The van der Waals surface area contributed by atoms with E-state index in [0.29, 0.717) is 29.1 Å². The Bertz CT molecular complexity index is 339. The lowest BCUT2D eigenvalue weighted by Gasteiger charge is -2.14. The maximum absolute atomic E-state index is 11.2. The summed E-state index contributed by atoms with van der Waals surface area (Å²) < 4.78 is 22.4. The molecule has 1 rings (SSSR count). The van der Waals surface area contributed by atoms with Gasteiger partial charge in [-0.05, 0) is 30.5 Å². The molecular weight excluding hydrogens is 244 g/mol. The van der Waals surface area contributed by atoms with Crippen LogP contribution >= 0.6 is 12.2 Å². The maximum atomic E-state index is 11.2. The predicted octanol–water partition coefficient (Wildman–Crippen LogP) is 0.541. The fourth-order valence-electron chi connectivity index (χ4n) is 1.63. The molecular formula is C10H20N2O2S2. The second-order valence-corrected chi connectivity index (χ2v) is 7.39. The number of thiocarbonyl (C=S) groups is 1. The summed E-state index contributed by atoms with van der Waals surface area (Å²) >= 11 is 5.09. The number of hydrogen-bond acceptors (Lipinski definition) is 3. The van der Waals surface area contributed by atoms with E-state index in [9.17, 15) is 8.42 Å². The molecule has 1 fully saturated rings. The molecule has 1 heterocycles. The predicted molar refractivity (Wildman–Crippen MR) is 70.2 cm³/mol. The molecule has 2 N–H and O–H groups in total. The minimum atomic E-state index is -2.77. The van der Waals surface area contributed by atoms with Crippen molar-refractivity contribution in [1.82, 2.24) is 10.6 Å². The summed E-state index contributed by atoms with van der Waals surface area (Å²) in [6.07, 6.45) is 0.752. The van der Waals surface area contributed by atoms with Crippen LogP contribution in [-0.2, 0) is 9.84 Å². The van der Waals surface area contributed by atoms with E-state index in [2.05, 4.69) is 24.5 Å². The Morgan fingerprint density at radius 1 is 1.44 bits per heavy atom. The first-order valence-corrected chi connectivity index (χ1v) is 7.84. The van der Waals surface area contributed by atoms with Gasteiger partial charge in [0, 0.05) is 13.1 Å². The minimum absolute atomic E-state index is 0.212. The van der Waals surface area contributed by atoms with Crippen molar-refractivity contribution in [3.05, 3.63) is 0 Å². The molecule has 6 heteroatoms. The van der Waals surface area contributed by atoms with Crippen molar-refractivity contribution < 1.29 is 8.42 Å². The van der Waals surface area contributed by atoms with Crippen molar-refractivity contribution in [3.8, 4) is 0 Å². The van der Waals surface area contributed by atoms with E-state index in [-0.39, 0.29) is 5.92 Å². The molecule has 0 aromatic rings. The van der Waals surface area contributed by atoms with Crippen molar-refractivity contribution in [2.24, 2.45) is 11.8 Å². The zero-order chi connectivity index (χ0) is 12.2. The quantitative estimate of drug-likeness (QED) is 0.726. The lowest BCUT2D eigenvalue weighted by atomic mass is 10.1. The summed E-state index contributed by atoms with van der Waals surface area (Å²) in [5.41, 5.74) is 0. The van der Waals surface area contributed by atoms with Crippen molar-refractivity contribution >= 4 is 27.2 Å². The van der Waals surface area contributed by atoms with E-state index >= 15 is 0 Å². The smallest absolute Gasteiger partial charge is 0.166 e. The monoisotopic (exact) mass is 264 g/mol. The lowest BCUT2D eigenvalue weighted by Crippen LogP contribution is -2.39. The van der Waals surface area contributed by atoms with Gasteiger partial charge in [0.1, 0.15) is 0 Å². The molecule has 1 atom stereocenters. The average molecular weight is 264 g/mol. The lowest BCUT2D eigenvalue weighted by molar-refractivity contribution is 0.563. The van der Waals surface area contributed by atoms with Gasteiger partial charge in [-0.25, -0.2) is 8.42 Å². The highest BCUT2D eigenvalue weighted by atomic mass is 32.2. The largest absolute Gasteiger partial charge is 0.362 e. The maximum Gasteiger partial charge on any atom is 0.166 e. The zero-order valence-corrected chi connectivity index (χ0v) is 11.5. The second kappa shape index (κ2) is 5.82. The summed E-state index contributed by atoms with van der Waals surface area (Å²) in [4.78, 5) is 0. The van der Waals surface area contributed by atoms with Gasteiger partial charge in [-0.3, -0.25) is 0 Å². The first-order valence-electron chi connectivity index (χ1n) is 5.61. The Morgan fingerprint density at radius 3 is 2.62 bits per heavy atom. The fraction of sp³-hybridized carbons (Fsp3) is 0.900.